The van der Waals surface area contributed by atoms with Crippen LogP contribution in [0.2, 0.25) is 0 Å². The number of hydrogen-bond donors (Lipinski definition) is 0. The van der Waals surface area contributed by atoms with Gasteiger partial charge in [-0.2, -0.15) is 0 Å². The maximum Gasteiger partial charge on any atom is 0.164 e. The number of hydrogen-bond acceptors (Lipinski definition) is 2. The van der Waals surface area contributed by atoms with Crippen molar-refractivity contribution in [2.75, 3.05) is 0 Å². The molecule has 0 aliphatic carbocycles. The Bertz CT molecular complexity index is 520. The number of nitrogens with zero attached hydrogens (tertiary/aromatic N) is 1. The summed E-state index contributed by atoms with van der Waals surface area (Å²) < 4.78 is 0. The first-order chi connectivity index (χ1) is 8.77. The van der Waals surface area contributed by atoms with Crippen LogP contribution in [0.3, 0.4) is 0 Å². The van der Waals surface area contributed by atoms with Crippen LogP contribution < -0.4 is 0 Å². The number of aryl methyl sites for hydroxylation is 2. The highest BCUT2D eigenvalue weighted by atomic mass is 16.1. The van der Waals surface area contributed by atoms with Gasteiger partial charge in [-0.1, -0.05) is 30.3 Å². The maximum absolute atomic E-state index is 12.0. The van der Waals surface area contributed by atoms with Crippen molar-refractivity contribution in [2.24, 2.45) is 0 Å². The van der Waals surface area contributed by atoms with E-state index in [0.29, 0.717) is 6.42 Å². The van der Waals surface area contributed by atoms with Gasteiger partial charge in [0.1, 0.15) is 0 Å². The molecule has 0 amide bonds. The van der Waals surface area contributed by atoms with Gasteiger partial charge < -0.3 is 0 Å². The first kappa shape index (κ1) is 12.5. The molecule has 0 saturated heterocycles. The molecule has 0 fully saturated rings. The zero-order valence-corrected chi connectivity index (χ0v) is 10.6. The third-order valence-corrected chi connectivity index (χ3v) is 3.05. The second-order valence-electron chi connectivity index (χ2n) is 4.45. The number of rotatable bonds is 5. The molecule has 0 aliphatic heterocycles. The Labute approximate surface area is 108 Å². The van der Waals surface area contributed by atoms with E-state index >= 15 is 0 Å². The fourth-order valence-electron chi connectivity index (χ4n) is 1.99. The highest BCUT2D eigenvalue weighted by molar-refractivity contribution is 5.97. The lowest BCUT2D eigenvalue weighted by Crippen LogP contribution is -2.03. The Hall–Kier alpha value is -1.96. The number of carbonyl (C=O) groups excluding carboxylic acids is 1. The van der Waals surface area contributed by atoms with Crippen LogP contribution in [0, 0.1) is 6.92 Å². The van der Waals surface area contributed by atoms with E-state index in [1.807, 2.05) is 31.2 Å². The van der Waals surface area contributed by atoms with Crippen LogP contribution in [0.1, 0.15) is 34.3 Å². The summed E-state index contributed by atoms with van der Waals surface area (Å²) >= 11 is 0. The molecule has 0 radical (unpaired) electrons. The molecule has 0 N–H and O–H groups in total. The van der Waals surface area contributed by atoms with Crippen molar-refractivity contribution in [3.8, 4) is 0 Å². The average Bonchev–Trinajstić information content (AvgIpc) is 2.40. The van der Waals surface area contributed by atoms with Crippen LogP contribution in [0.15, 0.2) is 48.8 Å². The molecule has 0 saturated carbocycles. The molecule has 0 atom stereocenters. The molecule has 2 rings (SSSR count). The molecule has 0 bridgehead atoms. The minimum Gasteiger partial charge on any atom is -0.294 e. The Morgan fingerprint density at radius 1 is 1.17 bits per heavy atom. The van der Waals surface area contributed by atoms with Crippen LogP contribution in [-0.2, 0) is 6.42 Å². The van der Waals surface area contributed by atoms with Gasteiger partial charge in [-0.3, -0.25) is 9.78 Å². The van der Waals surface area contributed by atoms with Crippen molar-refractivity contribution in [1.82, 2.24) is 4.98 Å². The van der Waals surface area contributed by atoms with Crippen molar-refractivity contribution in [3.63, 3.8) is 0 Å². The predicted molar refractivity (Wildman–Crippen MR) is 72.7 cm³/mol. The topological polar surface area (TPSA) is 30.0 Å². The minimum atomic E-state index is 0.191. The Balaban J connectivity index is 1.88. The molecule has 2 nitrogen and oxygen atoms in total. The SMILES string of the molecule is Cc1ccncc1C(=O)CCCc1ccccc1. The highest BCUT2D eigenvalue weighted by Gasteiger charge is 2.08. The molecule has 0 unspecified atom stereocenters. The lowest BCUT2D eigenvalue weighted by molar-refractivity contribution is 0.0979. The largest absolute Gasteiger partial charge is 0.294 e. The van der Waals surface area contributed by atoms with Gasteiger partial charge in [0.25, 0.3) is 0 Å². The predicted octanol–water partition coefficient (Wildman–Crippen LogP) is 3.60. The van der Waals surface area contributed by atoms with Crippen molar-refractivity contribution in [1.29, 1.82) is 0 Å². The van der Waals surface area contributed by atoms with Crippen molar-refractivity contribution in [2.45, 2.75) is 26.2 Å². The molecule has 1 heterocycles. The summed E-state index contributed by atoms with van der Waals surface area (Å²) in [5.74, 6) is 0.191. The van der Waals surface area contributed by atoms with E-state index in [-0.39, 0.29) is 5.78 Å². The number of Topliss-reactive ketones (excluding diaryl/α,β-unsaturated/α-hetero) is 1. The summed E-state index contributed by atoms with van der Waals surface area (Å²) in [6, 6.07) is 12.1. The van der Waals surface area contributed by atoms with Crippen LogP contribution in [0.25, 0.3) is 0 Å². The van der Waals surface area contributed by atoms with Gasteiger partial charge in [0.15, 0.2) is 5.78 Å². The van der Waals surface area contributed by atoms with Crippen LogP contribution in [0.4, 0.5) is 0 Å². The summed E-state index contributed by atoms with van der Waals surface area (Å²) in [5.41, 5.74) is 3.05. The summed E-state index contributed by atoms with van der Waals surface area (Å²) in [5, 5.41) is 0. The fourth-order valence-corrected chi connectivity index (χ4v) is 1.99. The highest BCUT2D eigenvalue weighted by Crippen LogP contribution is 2.11. The molecule has 2 heteroatoms. The third-order valence-electron chi connectivity index (χ3n) is 3.05. The van der Waals surface area contributed by atoms with E-state index < -0.39 is 0 Å². The van der Waals surface area contributed by atoms with Gasteiger partial charge in [0, 0.05) is 24.4 Å². The van der Waals surface area contributed by atoms with E-state index in [1.165, 1.54) is 5.56 Å². The van der Waals surface area contributed by atoms with Gasteiger partial charge in [0.2, 0.25) is 0 Å². The molecule has 2 aromatic rings. The first-order valence-electron chi connectivity index (χ1n) is 6.25. The zero-order chi connectivity index (χ0) is 12.8. The summed E-state index contributed by atoms with van der Waals surface area (Å²) in [4.78, 5) is 16.0. The number of carbonyl (C=O) groups is 1. The molecule has 1 aromatic heterocycles. The van der Waals surface area contributed by atoms with Crippen LogP contribution >= 0.6 is 0 Å². The smallest absolute Gasteiger partial charge is 0.164 e. The zero-order valence-electron chi connectivity index (χ0n) is 10.6. The molecule has 18 heavy (non-hydrogen) atoms. The van der Waals surface area contributed by atoms with Gasteiger partial charge in [0.05, 0.1) is 0 Å². The number of benzene rings is 1. The lowest BCUT2D eigenvalue weighted by Gasteiger charge is -2.04. The van der Waals surface area contributed by atoms with E-state index in [1.54, 1.807) is 12.4 Å². The summed E-state index contributed by atoms with van der Waals surface area (Å²) in [6.45, 7) is 1.95. The first-order valence-corrected chi connectivity index (χ1v) is 6.25. The van der Waals surface area contributed by atoms with Crippen LogP contribution in [-0.4, -0.2) is 10.8 Å². The second kappa shape index (κ2) is 6.10. The van der Waals surface area contributed by atoms with Crippen molar-refractivity contribution in [3.05, 3.63) is 65.5 Å². The standard InChI is InChI=1S/C16H17NO/c1-13-10-11-17-12-15(13)16(18)9-5-8-14-6-3-2-4-7-14/h2-4,6-7,10-12H,5,8-9H2,1H3. The number of ketones is 1. The molecular formula is C16H17NO. The van der Waals surface area contributed by atoms with Crippen LogP contribution in [0.5, 0.6) is 0 Å². The van der Waals surface area contributed by atoms with Gasteiger partial charge in [-0.25, -0.2) is 0 Å². The summed E-state index contributed by atoms with van der Waals surface area (Å²) in [6.07, 6.45) is 5.81. The minimum absolute atomic E-state index is 0.191. The van der Waals surface area contributed by atoms with Gasteiger partial charge >= 0.3 is 0 Å². The summed E-state index contributed by atoms with van der Waals surface area (Å²) in [7, 11) is 0. The maximum atomic E-state index is 12.0. The molecule has 92 valence electrons. The Morgan fingerprint density at radius 3 is 2.67 bits per heavy atom. The third kappa shape index (κ3) is 3.27. The number of aromatic nitrogens is 1. The Kier molecular flexibility index (Phi) is 4.24. The molecule has 0 aliphatic rings. The lowest BCUT2D eigenvalue weighted by atomic mass is 10.0. The van der Waals surface area contributed by atoms with E-state index in [9.17, 15) is 4.79 Å². The van der Waals surface area contributed by atoms with E-state index in [2.05, 4.69) is 17.1 Å². The molecular weight excluding hydrogens is 222 g/mol. The normalized spacial score (nSPS) is 10.3. The van der Waals surface area contributed by atoms with E-state index in [4.69, 9.17) is 0 Å². The molecule has 0 spiro atoms. The van der Waals surface area contributed by atoms with Crippen molar-refractivity contribution < 1.29 is 4.79 Å². The fraction of sp³-hybridized carbons (Fsp3) is 0.250. The average molecular weight is 239 g/mol. The van der Waals surface area contributed by atoms with Crippen molar-refractivity contribution >= 4 is 5.78 Å². The second-order valence-corrected chi connectivity index (χ2v) is 4.45. The number of pyridine rings is 1. The van der Waals surface area contributed by atoms with Gasteiger partial charge in [-0.05, 0) is 37.0 Å². The van der Waals surface area contributed by atoms with Gasteiger partial charge in [-0.15, -0.1) is 0 Å². The Morgan fingerprint density at radius 2 is 1.94 bits per heavy atom. The van der Waals surface area contributed by atoms with E-state index in [0.717, 1.165) is 24.0 Å². The monoisotopic (exact) mass is 239 g/mol. The quantitative estimate of drug-likeness (QED) is 0.746. The molecule has 1 aromatic carbocycles.